The van der Waals surface area contributed by atoms with Crippen LogP contribution in [0.15, 0.2) is 47.4 Å². The average molecular weight is 423 g/mol. The summed E-state index contributed by atoms with van der Waals surface area (Å²) in [5.74, 6) is 0.466. The Morgan fingerprint density at radius 2 is 1.93 bits per heavy atom. The molecule has 0 fully saturated rings. The minimum absolute atomic E-state index is 0.0601. The molecule has 1 aliphatic heterocycles. The van der Waals surface area contributed by atoms with E-state index < -0.39 is 10.0 Å². The Bertz CT molecular complexity index is 949. The summed E-state index contributed by atoms with van der Waals surface area (Å²) in [6.07, 6.45) is 0.575. The number of fused-ring (bicyclic) bond motifs is 1. The lowest BCUT2D eigenvalue weighted by Gasteiger charge is -2.19. The number of nitrogens with zero attached hydrogens (tertiary/aromatic N) is 1. The highest BCUT2D eigenvalue weighted by atomic mass is 35.5. The molecule has 0 bridgehead atoms. The van der Waals surface area contributed by atoms with Crippen molar-refractivity contribution in [2.24, 2.45) is 0 Å². The van der Waals surface area contributed by atoms with Crippen LogP contribution in [0.5, 0.6) is 5.75 Å². The number of amides is 1. The minimum atomic E-state index is -3.76. The van der Waals surface area contributed by atoms with Gasteiger partial charge in [0.05, 0.1) is 11.6 Å². The molecule has 28 heavy (non-hydrogen) atoms. The molecule has 0 radical (unpaired) electrons. The largest absolute Gasteiger partial charge is 0.488 e. The molecule has 3 rings (SSSR count). The molecule has 0 aliphatic carbocycles. The molecule has 1 unspecified atom stereocenters. The number of para-hydroxylation sites is 1. The van der Waals surface area contributed by atoms with Crippen molar-refractivity contribution in [2.45, 2.75) is 31.3 Å². The Labute approximate surface area is 170 Å². The van der Waals surface area contributed by atoms with E-state index in [9.17, 15) is 13.2 Å². The maximum absolute atomic E-state index is 12.8. The summed E-state index contributed by atoms with van der Waals surface area (Å²) in [6, 6.07) is 12.1. The van der Waals surface area contributed by atoms with Crippen LogP contribution in [0.25, 0.3) is 0 Å². The Balaban J connectivity index is 1.71. The van der Waals surface area contributed by atoms with Crippen LogP contribution >= 0.6 is 11.6 Å². The van der Waals surface area contributed by atoms with Gasteiger partial charge < -0.3 is 10.1 Å². The van der Waals surface area contributed by atoms with E-state index in [1.807, 2.05) is 24.3 Å². The summed E-state index contributed by atoms with van der Waals surface area (Å²) in [7, 11) is -3.76. The van der Waals surface area contributed by atoms with Crippen LogP contribution < -0.4 is 10.1 Å². The summed E-state index contributed by atoms with van der Waals surface area (Å²) >= 11 is 6.12. The van der Waals surface area contributed by atoms with Crippen molar-refractivity contribution in [3.8, 4) is 5.75 Å². The third kappa shape index (κ3) is 4.16. The van der Waals surface area contributed by atoms with Crippen molar-refractivity contribution in [3.63, 3.8) is 0 Å². The van der Waals surface area contributed by atoms with Gasteiger partial charge in [0.1, 0.15) is 16.7 Å². The van der Waals surface area contributed by atoms with E-state index >= 15 is 0 Å². The molecular weight excluding hydrogens is 400 g/mol. The Kier molecular flexibility index (Phi) is 6.27. The highest BCUT2D eigenvalue weighted by molar-refractivity contribution is 7.89. The number of nitrogens with one attached hydrogen (secondary N) is 1. The average Bonchev–Trinajstić information content (AvgIpc) is 3.10. The fourth-order valence-corrected chi connectivity index (χ4v) is 5.18. The number of hydrogen-bond acceptors (Lipinski definition) is 4. The molecule has 8 heteroatoms. The van der Waals surface area contributed by atoms with Crippen LogP contribution in [0.1, 0.15) is 29.8 Å². The first-order valence-corrected chi connectivity index (χ1v) is 11.0. The van der Waals surface area contributed by atoms with Gasteiger partial charge >= 0.3 is 0 Å². The van der Waals surface area contributed by atoms with Gasteiger partial charge in [-0.25, -0.2) is 8.42 Å². The van der Waals surface area contributed by atoms with Crippen LogP contribution in [0.2, 0.25) is 5.02 Å². The molecule has 0 saturated heterocycles. The molecule has 2 aromatic carbocycles. The van der Waals surface area contributed by atoms with Crippen molar-refractivity contribution < 1.29 is 17.9 Å². The first-order chi connectivity index (χ1) is 13.4. The van der Waals surface area contributed by atoms with Gasteiger partial charge in [-0.15, -0.1) is 0 Å². The smallest absolute Gasteiger partial charge is 0.251 e. The zero-order valence-electron chi connectivity index (χ0n) is 15.8. The van der Waals surface area contributed by atoms with Crippen LogP contribution in [-0.4, -0.2) is 44.4 Å². The number of carbonyl (C=O) groups excluding carboxylic acids is 1. The lowest BCUT2D eigenvalue weighted by atomic mass is 10.1. The summed E-state index contributed by atoms with van der Waals surface area (Å²) in [5, 5.41) is 2.91. The van der Waals surface area contributed by atoms with Gasteiger partial charge in [0.15, 0.2) is 0 Å². The molecule has 6 nitrogen and oxygen atoms in total. The minimum Gasteiger partial charge on any atom is -0.488 e. The molecule has 1 amide bonds. The van der Waals surface area contributed by atoms with Crippen LogP contribution in [0.4, 0.5) is 0 Å². The predicted molar refractivity (Wildman–Crippen MR) is 108 cm³/mol. The number of rotatable bonds is 7. The molecule has 1 aliphatic rings. The lowest BCUT2D eigenvalue weighted by molar-refractivity contribution is 0.0933. The van der Waals surface area contributed by atoms with Crippen molar-refractivity contribution in [1.82, 2.24) is 9.62 Å². The standard InChI is InChI=1S/C20H23ClN2O4S/c1-3-23(4-2)28(25,26)19-12-15(9-10-17(19)21)20(24)22-13-16-11-14-7-5-6-8-18(14)27-16/h5-10,12,16H,3-4,11,13H2,1-2H3,(H,22,24). The zero-order valence-corrected chi connectivity index (χ0v) is 17.4. The molecule has 2 aromatic rings. The maximum atomic E-state index is 12.8. The Morgan fingerprint density at radius 1 is 1.21 bits per heavy atom. The SMILES string of the molecule is CCN(CC)S(=O)(=O)c1cc(C(=O)NCC2Cc3ccccc3O2)ccc1Cl. The molecule has 1 N–H and O–H groups in total. The topological polar surface area (TPSA) is 75.7 Å². The first kappa shape index (κ1) is 20.6. The number of sulfonamides is 1. The molecule has 0 spiro atoms. The number of hydrogen-bond donors (Lipinski definition) is 1. The van der Waals surface area contributed by atoms with Gasteiger partial charge in [-0.3, -0.25) is 4.79 Å². The Morgan fingerprint density at radius 3 is 2.61 bits per heavy atom. The van der Waals surface area contributed by atoms with E-state index in [0.717, 1.165) is 17.7 Å². The fraction of sp³-hybridized carbons (Fsp3) is 0.350. The van der Waals surface area contributed by atoms with E-state index in [0.29, 0.717) is 19.6 Å². The highest BCUT2D eigenvalue weighted by Gasteiger charge is 2.26. The maximum Gasteiger partial charge on any atom is 0.251 e. The third-order valence-electron chi connectivity index (χ3n) is 4.72. The molecule has 150 valence electrons. The van der Waals surface area contributed by atoms with Gasteiger partial charge in [0.25, 0.3) is 5.91 Å². The van der Waals surface area contributed by atoms with Crippen molar-refractivity contribution >= 4 is 27.5 Å². The zero-order chi connectivity index (χ0) is 20.3. The van der Waals surface area contributed by atoms with Crippen LogP contribution in [-0.2, 0) is 16.4 Å². The van der Waals surface area contributed by atoms with Crippen LogP contribution in [0.3, 0.4) is 0 Å². The van der Waals surface area contributed by atoms with Gasteiger partial charge in [-0.1, -0.05) is 43.6 Å². The molecular formula is C20H23ClN2O4S. The van der Waals surface area contributed by atoms with E-state index in [1.165, 1.54) is 22.5 Å². The quantitative estimate of drug-likeness (QED) is 0.743. The molecule has 1 heterocycles. The second-order valence-corrected chi connectivity index (χ2v) is 8.81. The third-order valence-corrected chi connectivity index (χ3v) is 7.25. The van der Waals surface area contributed by atoms with E-state index in [4.69, 9.17) is 16.3 Å². The van der Waals surface area contributed by atoms with Gasteiger partial charge in [0.2, 0.25) is 10.0 Å². The second-order valence-electron chi connectivity index (χ2n) is 6.50. The van der Waals surface area contributed by atoms with E-state index in [-0.39, 0.29) is 27.5 Å². The normalized spacial score (nSPS) is 15.9. The number of ether oxygens (including phenoxy) is 1. The van der Waals surface area contributed by atoms with E-state index in [2.05, 4.69) is 5.32 Å². The highest BCUT2D eigenvalue weighted by Crippen LogP contribution is 2.28. The van der Waals surface area contributed by atoms with Crippen LogP contribution in [0, 0.1) is 0 Å². The van der Waals surface area contributed by atoms with Crippen molar-refractivity contribution in [3.05, 3.63) is 58.6 Å². The van der Waals surface area contributed by atoms with Crippen molar-refractivity contribution in [1.29, 1.82) is 0 Å². The summed E-state index contributed by atoms with van der Waals surface area (Å²) < 4.78 is 32.7. The lowest BCUT2D eigenvalue weighted by Crippen LogP contribution is -2.35. The first-order valence-electron chi connectivity index (χ1n) is 9.19. The molecule has 0 saturated carbocycles. The Hall–Kier alpha value is -2.09. The monoisotopic (exact) mass is 422 g/mol. The van der Waals surface area contributed by atoms with Gasteiger partial charge in [-0.05, 0) is 29.8 Å². The molecule has 0 aromatic heterocycles. The van der Waals surface area contributed by atoms with Gasteiger partial charge in [-0.2, -0.15) is 4.31 Å². The number of halogens is 1. The number of benzene rings is 2. The van der Waals surface area contributed by atoms with E-state index in [1.54, 1.807) is 13.8 Å². The summed E-state index contributed by atoms with van der Waals surface area (Å²) in [5.41, 5.74) is 1.35. The summed E-state index contributed by atoms with van der Waals surface area (Å²) in [4.78, 5) is 12.5. The van der Waals surface area contributed by atoms with Crippen molar-refractivity contribution in [2.75, 3.05) is 19.6 Å². The number of carbonyl (C=O) groups is 1. The predicted octanol–water partition coefficient (Wildman–Crippen LogP) is 3.10. The molecule has 1 atom stereocenters. The fourth-order valence-electron chi connectivity index (χ4n) is 3.22. The van der Waals surface area contributed by atoms with Gasteiger partial charge in [0, 0.05) is 25.1 Å². The summed E-state index contributed by atoms with van der Waals surface area (Å²) in [6.45, 7) is 4.49. The second kappa shape index (κ2) is 8.51.